The summed E-state index contributed by atoms with van der Waals surface area (Å²) in [6.45, 7) is 10.3. The Kier molecular flexibility index (Phi) is 8.66. The monoisotopic (exact) mass is 434 g/mol. The summed E-state index contributed by atoms with van der Waals surface area (Å²) in [4.78, 5) is 0. The standard InChI is InChI=1S/C5H5.3C3H8N.C2H7Ge.Zr/c1-2-4-5-3-1;3*1-2-3-4;1-3-2;/h1-3H,4H2;3*4H,2-3H2,1H3;3H,1-2H3;/q;3*-1;;+3. The molecule has 0 saturated heterocycles. The van der Waals surface area contributed by atoms with Crippen molar-refractivity contribution in [1.82, 2.24) is 9.78 Å². The fraction of sp³-hybridized carbons (Fsp3) is 0.750. The minimum atomic E-state index is -3.41. The van der Waals surface area contributed by atoms with Crippen molar-refractivity contribution in [2.75, 3.05) is 19.6 Å². The van der Waals surface area contributed by atoms with Crippen LogP contribution in [0.3, 0.4) is 0 Å². The molecule has 0 unspecified atom stereocenters. The van der Waals surface area contributed by atoms with Gasteiger partial charge in [0.05, 0.1) is 0 Å². The molecule has 0 bridgehead atoms. The van der Waals surface area contributed by atoms with E-state index in [4.69, 9.17) is 0 Å². The average molecular weight is 434 g/mol. The molecule has 0 saturated carbocycles. The number of hydrogen-bond acceptors (Lipinski definition) is 3. The summed E-state index contributed by atoms with van der Waals surface area (Å²) >= 11 is -3.41. The van der Waals surface area contributed by atoms with E-state index in [9.17, 15) is 0 Å². The first-order valence-corrected chi connectivity index (χ1v) is 27.2. The van der Waals surface area contributed by atoms with E-state index in [0.29, 0.717) is 0 Å². The van der Waals surface area contributed by atoms with Crippen molar-refractivity contribution in [3.05, 3.63) is 21.5 Å². The molecule has 0 aliphatic heterocycles. The van der Waals surface area contributed by atoms with Crippen LogP contribution in [0.25, 0.3) is 0 Å². The first-order chi connectivity index (χ1) is 10.1. The molecule has 1 aliphatic carbocycles. The Morgan fingerprint density at radius 3 is 1.71 bits per heavy atom. The molecule has 0 aromatic carbocycles. The summed E-state index contributed by atoms with van der Waals surface area (Å²) in [7, 11) is -1.48. The Hall–Kier alpha value is 0.786. The van der Waals surface area contributed by atoms with Gasteiger partial charge in [-0.05, 0) is 0 Å². The minimum absolute atomic E-state index is 1.14. The molecule has 0 aromatic heterocycles. The van der Waals surface area contributed by atoms with Crippen molar-refractivity contribution in [2.45, 2.75) is 58.0 Å². The summed E-state index contributed by atoms with van der Waals surface area (Å²) in [5.74, 6) is 5.18. The summed E-state index contributed by atoms with van der Waals surface area (Å²) in [6, 6.07) is 0. The predicted octanol–water partition coefficient (Wildman–Crippen LogP) is 3.25. The zero-order chi connectivity index (χ0) is 15.8. The second kappa shape index (κ2) is 9.17. The van der Waals surface area contributed by atoms with Gasteiger partial charge in [-0.2, -0.15) is 0 Å². The van der Waals surface area contributed by atoms with E-state index in [2.05, 4.69) is 60.3 Å². The molecule has 0 amide bonds. The summed E-state index contributed by atoms with van der Waals surface area (Å²) in [5, 5.41) is 0. The molecule has 0 radical (unpaired) electrons. The summed E-state index contributed by atoms with van der Waals surface area (Å²) < 4.78 is 14.2. The van der Waals surface area contributed by atoms with Crippen LogP contribution < -0.4 is 9.78 Å². The molecular weight excluding hydrogens is 398 g/mol. The van der Waals surface area contributed by atoms with Crippen LogP contribution in [0.2, 0.25) is 11.5 Å². The Labute approximate surface area is 136 Å². The topological polar surface area (TPSA) is 36.1 Å². The second-order valence-corrected chi connectivity index (χ2v) is 51.2. The van der Waals surface area contributed by atoms with Crippen LogP contribution in [0.15, 0.2) is 21.5 Å². The van der Waals surface area contributed by atoms with Gasteiger partial charge in [0, 0.05) is 0 Å². The molecule has 5 heteroatoms. The quantitative estimate of drug-likeness (QED) is 0.437. The van der Waals surface area contributed by atoms with Crippen LogP contribution in [-0.2, 0) is 17.1 Å². The van der Waals surface area contributed by atoms with E-state index in [-0.39, 0.29) is 0 Å². The molecule has 0 atom stereocenters. The van der Waals surface area contributed by atoms with E-state index in [0.717, 1.165) is 26.1 Å². The van der Waals surface area contributed by atoms with Crippen molar-refractivity contribution >= 4 is 10.6 Å². The molecule has 0 aromatic rings. The fourth-order valence-corrected chi connectivity index (χ4v) is 51.5. The predicted molar refractivity (Wildman–Crippen MR) is 95.6 cm³/mol. The van der Waals surface area contributed by atoms with Crippen molar-refractivity contribution in [3.63, 3.8) is 0 Å². The van der Waals surface area contributed by atoms with Crippen molar-refractivity contribution in [3.8, 4) is 0 Å². The zero-order valence-electron chi connectivity index (χ0n) is 14.8. The van der Waals surface area contributed by atoms with Gasteiger partial charge in [0.25, 0.3) is 0 Å². The number of nitrogens with one attached hydrogen (secondary N) is 3. The van der Waals surface area contributed by atoms with Crippen LogP contribution >= 0.6 is 0 Å². The van der Waals surface area contributed by atoms with Crippen LogP contribution in [0.5, 0.6) is 0 Å². The normalized spacial score (nSPS) is 17.0. The van der Waals surface area contributed by atoms with Crippen molar-refractivity contribution < 1.29 is 17.1 Å². The maximum atomic E-state index is 4.17. The van der Waals surface area contributed by atoms with Crippen LogP contribution in [0.4, 0.5) is 0 Å². The number of rotatable bonds is 11. The molecule has 21 heavy (non-hydrogen) atoms. The van der Waals surface area contributed by atoms with Gasteiger partial charge >= 0.3 is 137 Å². The number of allylic oxidation sites excluding steroid dienone is 4. The van der Waals surface area contributed by atoms with Gasteiger partial charge in [0.2, 0.25) is 0 Å². The Morgan fingerprint density at radius 1 is 0.952 bits per heavy atom. The first-order valence-electron chi connectivity index (χ1n) is 8.84. The van der Waals surface area contributed by atoms with Gasteiger partial charge < -0.3 is 0 Å². The zero-order valence-corrected chi connectivity index (χ0v) is 19.6. The summed E-state index contributed by atoms with van der Waals surface area (Å²) in [6.07, 6.45) is 11.8. The number of hydrogen-bond donors (Lipinski definition) is 3. The van der Waals surface area contributed by atoms with E-state index in [1.807, 2.05) is 0 Å². The van der Waals surface area contributed by atoms with Crippen molar-refractivity contribution in [2.24, 2.45) is 0 Å². The average Bonchev–Trinajstić information content (AvgIpc) is 3.02. The van der Waals surface area contributed by atoms with Crippen LogP contribution in [0, 0.1) is 0 Å². The van der Waals surface area contributed by atoms with Gasteiger partial charge in [-0.25, -0.2) is 0 Å². The SMILES string of the molecule is CCC[NH][Zr]([NH]CCC)([NH]CCC)([C]1=CC=CC1)[GeH]([CH3])[CH3]. The van der Waals surface area contributed by atoms with Crippen molar-refractivity contribution in [1.29, 1.82) is 0 Å². The van der Waals surface area contributed by atoms with E-state index >= 15 is 0 Å². The molecule has 1 rings (SSSR count). The fourth-order valence-electron chi connectivity index (χ4n) is 3.50. The molecule has 3 nitrogen and oxygen atoms in total. The van der Waals surface area contributed by atoms with Crippen LogP contribution in [0.1, 0.15) is 46.5 Å². The molecule has 0 fully saturated rings. The van der Waals surface area contributed by atoms with Gasteiger partial charge in [-0.3, -0.25) is 0 Å². The molecule has 3 N–H and O–H groups in total. The van der Waals surface area contributed by atoms with E-state index < -0.39 is 27.7 Å². The molecule has 0 heterocycles. The third kappa shape index (κ3) is 4.20. The first kappa shape index (κ1) is 19.8. The Morgan fingerprint density at radius 2 is 1.43 bits per heavy atom. The maximum absolute atomic E-state index is 4.17. The molecule has 123 valence electrons. The van der Waals surface area contributed by atoms with Gasteiger partial charge in [-0.1, -0.05) is 0 Å². The van der Waals surface area contributed by atoms with Gasteiger partial charge in [0.1, 0.15) is 0 Å². The van der Waals surface area contributed by atoms with Gasteiger partial charge in [-0.15, -0.1) is 0 Å². The molecule has 0 spiro atoms. The van der Waals surface area contributed by atoms with E-state index in [1.165, 1.54) is 19.3 Å². The third-order valence-electron chi connectivity index (χ3n) is 4.82. The van der Waals surface area contributed by atoms with Crippen LogP contribution in [-0.4, -0.2) is 30.2 Å². The van der Waals surface area contributed by atoms with E-state index in [1.54, 1.807) is 3.28 Å². The third-order valence-corrected chi connectivity index (χ3v) is 62.8. The molecule has 1 aliphatic rings. The Balaban J connectivity index is 3.27. The second-order valence-electron chi connectivity index (χ2n) is 6.59. The summed E-state index contributed by atoms with van der Waals surface area (Å²) in [5.41, 5.74) is 0. The van der Waals surface area contributed by atoms with Gasteiger partial charge in [0.15, 0.2) is 0 Å². The Bertz CT molecular complexity index is 355. The molecular formula is C16H36GeN3Zr.